The number of hydrogen-bond acceptors (Lipinski definition) is 3. The Hall–Kier alpha value is -8.08. The fraction of sp³-hybridized carbons (Fsp3) is 0.284. The van der Waals surface area contributed by atoms with Gasteiger partial charge in [-0.15, -0.1) is 0 Å². The van der Waals surface area contributed by atoms with Crippen molar-refractivity contribution >= 4 is 74.0 Å². The van der Waals surface area contributed by atoms with Crippen molar-refractivity contribution < 1.29 is 0 Å². The van der Waals surface area contributed by atoms with Gasteiger partial charge in [0.05, 0.1) is 11.4 Å². The number of benzene rings is 10. The first-order valence-corrected chi connectivity index (χ1v) is 31.0. The second-order valence-corrected chi connectivity index (χ2v) is 30.0. The van der Waals surface area contributed by atoms with Gasteiger partial charge in [0.15, 0.2) is 0 Å². The monoisotopic (exact) mass is 1110 g/mol. The summed E-state index contributed by atoms with van der Waals surface area (Å²) in [5, 5.41) is 2.46. The van der Waals surface area contributed by atoms with Crippen molar-refractivity contribution in [3.8, 4) is 22.3 Å². The Morgan fingerprint density at radius 1 is 0.376 bits per heavy atom. The van der Waals surface area contributed by atoms with Crippen LogP contribution < -0.4 is 25.5 Å². The van der Waals surface area contributed by atoms with Gasteiger partial charge in [0.1, 0.15) is 0 Å². The van der Waals surface area contributed by atoms with E-state index < -0.39 is 0 Å². The highest BCUT2D eigenvalue weighted by Gasteiger charge is 2.50. The predicted octanol–water partition coefficient (Wildman–Crippen LogP) is 21.1. The molecule has 4 heteroatoms. The largest absolute Gasteiger partial charge is 0.376 e. The molecule has 2 heterocycles. The first kappa shape index (κ1) is 56.1. The number of rotatable bonds is 6. The Bertz CT molecular complexity index is 4230. The molecule has 10 aromatic rings. The molecule has 0 bridgehead atoms. The van der Waals surface area contributed by atoms with E-state index in [2.05, 4.69) is 333 Å². The molecule has 10 aromatic carbocycles. The lowest BCUT2D eigenvalue weighted by atomic mass is 9.42. The van der Waals surface area contributed by atoms with E-state index in [0.717, 1.165) is 17.1 Å². The molecule has 0 saturated carbocycles. The van der Waals surface area contributed by atoms with E-state index in [-0.39, 0.29) is 39.3 Å². The van der Waals surface area contributed by atoms with Crippen LogP contribution in [0.2, 0.25) is 0 Å². The molecule has 0 fully saturated rings. The molecule has 0 saturated heterocycles. The molecule has 0 radical (unpaired) electrons. The molecular weight excluding hydrogens is 1030 g/mol. The number of fused-ring (bicyclic) bond motifs is 8. The summed E-state index contributed by atoms with van der Waals surface area (Å²) in [6, 6.07) is 78.0. The summed E-state index contributed by atoms with van der Waals surface area (Å²) in [6.07, 6.45) is 0. The molecule has 0 atom stereocenters. The fourth-order valence-corrected chi connectivity index (χ4v) is 14.4. The van der Waals surface area contributed by atoms with Crippen LogP contribution in [0.4, 0.5) is 45.5 Å². The molecule has 0 spiro atoms. The molecule has 0 N–H and O–H groups in total. The van der Waals surface area contributed by atoms with Gasteiger partial charge >= 0.3 is 6.85 Å². The first-order chi connectivity index (χ1) is 40.1. The highest BCUT2D eigenvalue weighted by atomic mass is 15.2. The van der Waals surface area contributed by atoms with E-state index in [9.17, 15) is 0 Å². The summed E-state index contributed by atoms with van der Waals surface area (Å²) in [5.41, 5.74) is 28.3. The maximum atomic E-state index is 2.77. The van der Waals surface area contributed by atoms with Crippen molar-refractivity contribution in [3.05, 3.63) is 250 Å². The molecule has 13 rings (SSSR count). The van der Waals surface area contributed by atoms with Crippen LogP contribution in [0.3, 0.4) is 0 Å². The van der Waals surface area contributed by atoms with Crippen molar-refractivity contribution in [1.82, 2.24) is 0 Å². The zero-order valence-electron chi connectivity index (χ0n) is 53.5. The van der Waals surface area contributed by atoms with Gasteiger partial charge in [0, 0.05) is 61.5 Å². The lowest BCUT2D eigenvalue weighted by Gasteiger charge is -2.49. The van der Waals surface area contributed by atoms with Crippen LogP contribution in [0.15, 0.2) is 200 Å². The Balaban J connectivity index is 1.18. The van der Waals surface area contributed by atoms with Gasteiger partial charge in [0.2, 0.25) is 0 Å². The number of nitrogens with zero attached hydrogens (tertiary/aromatic N) is 3. The minimum atomic E-state index is -0.294. The normalized spacial score (nSPS) is 15.0. The Morgan fingerprint density at radius 3 is 1.44 bits per heavy atom. The zero-order chi connectivity index (χ0) is 60.1. The summed E-state index contributed by atoms with van der Waals surface area (Å²) < 4.78 is 0. The second-order valence-electron chi connectivity index (χ2n) is 30.0. The predicted molar refractivity (Wildman–Crippen MR) is 368 cm³/mol. The van der Waals surface area contributed by atoms with Crippen LogP contribution in [-0.4, -0.2) is 6.85 Å². The van der Waals surface area contributed by atoms with Gasteiger partial charge in [-0.1, -0.05) is 244 Å². The van der Waals surface area contributed by atoms with E-state index >= 15 is 0 Å². The van der Waals surface area contributed by atoms with Crippen molar-refractivity contribution in [3.63, 3.8) is 0 Å². The number of aryl methyl sites for hydroxylation is 1. The quantitative estimate of drug-likeness (QED) is 0.154. The van der Waals surface area contributed by atoms with Gasteiger partial charge in [0.25, 0.3) is 0 Å². The third-order valence-corrected chi connectivity index (χ3v) is 19.4. The van der Waals surface area contributed by atoms with E-state index in [1.54, 1.807) is 0 Å². The average molecular weight is 1110 g/mol. The van der Waals surface area contributed by atoms with Crippen LogP contribution in [0.5, 0.6) is 0 Å². The molecule has 3 nitrogen and oxygen atoms in total. The summed E-state index contributed by atoms with van der Waals surface area (Å²) in [6.45, 7) is 39.8. The summed E-state index contributed by atoms with van der Waals surface area (Å²) in [4.78, 5) is 7.96. The van der Waals surface area contributed by atoms with Crippen LogP contribution in [0.25, 0.3) is 33.0 Å². The number of anilines is 8. The molecule has 426 valence electrons. The van der Waals surface area contributed by atoms with Gasteiger partial charge in [-0.2, -0.15) is 0 Å². The van der Waals surface area contributed by atoms with E-state index in [1.807, 2.05) is 0 Å². The maximum absolute atomic E-state index is 2.77. The SMILES string of the molecule is Cc1cc(C(C)(C)C)ccc1N1B2c3cc4c(cc3N(c3ccc(C(C)(C)C)cc3-c3ccccc3)c3c2c(cc2ccccc32)-c2ccc(N(c3ccc(C(C)(C)C)cc3)c3ccc(C(C)(C)C)cc3)cc21)C(C)(C)c1ccccc1C4(C)C. The van der Waals surface area contributed by atoms with Crippen LogP contribution in [-0.2, 0) is 32.5 Å². The lowest BCUT2D eigenvalue weighted by Crippen LogP contribution is -2.62. The second kappa shape index (κ2) is 19.5. The van der Waals surface area contributed by atoms with Gasteiger partial charge < -0.3 is 14.6 Å². The smallest absolute Gasteiger partial charge is 0.333 e. The molecule has 1 aliphatic carbocycles. The van der Waals surface area contributed by atoms with E-state index in [4.69, 9.17) is 0 Å². The van der Waals surface area contributed by atoms with E-state index in [0.29, 0.717) is 0 Å². The van der Waals surface area contributed by atoms with Gasteiger partial charge in [-0.3, -0.25) is 0 Å². The Labute approximate surface area is 508 Å². The van der Waals surface area contributed by atoms with Crippen molar-refractivity contribution in [1.29, 1.82) is 0 Å². The minimum absolute atomic E-state index is 0.0132. The standard InChI is InChI=1S/C81H84BN3/c1-51-45-56(78(8,9)10)35-43-70(51)85-72-48-60(83(58-37-31-54(32-38-58)76(2,3)4)59-39-33-55(34-40-59)77(5,6)7)41-42-62(72)64-46-53-27-21-22-28-61(53)75-74(64)82(85)69-49-67-68(81(16,17)66-30-24-23-29-65(66)80(67,14)15)50-73(69)84(75)71-44-36-57(79(11,12)13)47-63(71)52-25-19-18-20-26-52/h18-50H,1-17H3. The fourth-order valence-electron chi connectivity index (χ4n) is 14.4. The number of hydrogen-bond donors (Lipinski definition) is 0. The zero-order valence-corrected chi connectivity index (χ0v) is 53.5. The highest BCUT2D eigenvalue weighted by Crippen LogP contribution is 2.56. The topological polar surface area (TPSA) is 9.72 Å². The summed E-state index contributed by atoms with van der Waals surface area (Å²) >= 11 is 0. The van der Waals surface area contributed by atoms with Crippen molar-refractivity contribution in [2.45, 2.75) is 150 Å². The van der Waals surface area contributed by atoms with Crippen LogP contribution >= 0.6 is 0 Å². The molecule has 0 amide bonds. The van der Waals surface area contributed by atoms with E-state index in [1.165, 1.54) is 122 Å². The highest BCUT2D eigenvalue weighted by molar-refractivity contribution is 6.94. The third-order valence-electron chi connectivity index (χ3n) is 19.4. The molecule has 0 unspecified atom stereocenters. The first-order valence-electron chi connectivity index (χ1n) is 31.0. The van der Waals surface area contributed by atoms with Crippen molar-refractivity contribution in [2.75, 3.05) is 14.6 Å². The molecule has 85 heavy (non-hydrogen) atoms. The minimum Gasteiger partial charge on any atom is -0.376 e. The molecule has 2 aliphatic heterocycles. The van der Waals surface area contributed by atoms with Crippen LogP contribution in [0.1, 0.15) is 161 Å². The lowest BCUT2D eigenvalue weighted by molar-refractivity contribution is 0.521. The molecular formula is C81H84BN3. The summed E-state index contributed by atoms with van der Waals surface area (Å²) in [5.74, 6) is 0. The van der Waals surface area contributed by atoms with Crippen molar-refractivity contribution in [2.24, 2.45) is 0 Å². The summed E-state index contributed by atoms with van der Waals surface area (Å²) in [7, 11) is 0. The molecule has 3 aliphatic rings. The maximum Gasteiger partial charge on any atom is 0.333 e. The van der Waals surface area contributed by atoms with Crippen LogP contribution in [0, 0.1) is 6.92 Å². The van der Waals surface area contributed by atoms with Gasteiger partial charge in [-0.05, 0) is 173 Å². The average Bonchev–Trinajstić information content (AvgIpc) is 0.700. The third kappa shape index (κ3) is 9.15. The Kier molecular flexibility index (Phi) is 12.9. The Morgan fingerprint density at radius 2 is 0.871 bits per heavy atom. The molecule has 0 aromatic heterocycles. The van der Waals surface area contributed by atoms with Gasteiger partial charge in [-0.25, -0.2) is 0 Å².